The van der Waals surface area contributed by atoms with E-state index < -0.39 is 0 Å². The number of anilines is 2. The molecule has 0 aliphatic carbocycles. The number of nitrogens with two attached hydrogens (primary N) is 1. The van der Waals surface area contributed by atoms with E-state index >= 15 is 0 Å². The van der Waals surface area contributed by atoms with Crippen molar-refractivity contribution in [3.8, 4) is 0 Å². The molecular weight excluding hydrogens is 368 g/mol. The minimum absolute atomic E-state index is 0. The first kappa shape index (κ1) is 20.1. The van der Waals surface area contributed by atoms with Crippen molar-refractivity contribution in [2.75, 3.05) is 11.4 Å². The summed E-state index contributed by atoms with van der Waals surface area (Å²) in [5.74, 6) is 0.168. The summed E-state index contributed by atoms with van der Waals surface area (Å²) in [5, 5.41) is 2.21. The lowest BCUT2D eigenvalue weighted by Crippen LogP contribution is -3.00. The van der Waals surface area contributed by atoms with Gasteiger partial charge in [-0.1, -0.05) is 66.7 Å². The highest BCUT2D eigenvalue weighted by atomic mass is 35.5. The van der Waals surface area contributed by atoms with E-state index in [4.69, 9.17) is 0 Å². The van der Waals surface area contributed by atoms with Crippen molar-refractivity contribution in [1.29, 1.82) is 0 Å². The number of nitrogens with zero attached hydrogens (tertiary/aromatic N) is 1. The number of hydrogen-bond acceptors (Lipinski definition) is 1. The van der Waals surface area contributed by atoms with Crippen LogP contribution in [-0.2, 0) is 24.2 Å². The fourth-order valence-electron chi connectivity index (χ4n) is 3.77. The maximum atomic E-state index is 13.2. The Labute approximate surface area is 172 Å². The van der Waals surface area contributed by atoms with Crippen LogP contribution in [0.4, 0.5) is 11.4 Å². The van der Waals surface area contributed by atoms with Crippen molar-refractivity contribution in [2.45, 2.75) is 25.8 Å². The lowest BCUT2D eigenvalue weighted by atomic mass is 10.0. The lowest BCUT2D eigenvalue weighted by molar-refractivity contribution is -0.669. The van der Waals surface area contributed by atoms with Gasteiger partial charge in [-0.25, -0.2) is 0 Å². The minimum atomic E-state index is 0. The van der Waals surface area contributed by atoms with Gasteiger partial charge in [-0.3, -0.25) is 9.69 Å². The van der Waals surface area contributed by atoms with Gasteiger partial charge in [-0.2, -0.15) is 0 Å². The summed E-state index contributed by atoms with van der Waals surface area (Å²) < 4.78 is 0. The van der Waals surface area contributed by atoms with Crippen LogP contribution in [0.25, 0.3) is 0 Å². The van der Waals surface area contributed by atoms with Crippen LogP contribution >= 0.6 is 0 Å². The summed E-state index contributed by atoms with van der Waals surface area (Å²) in [4.78, 5) is 15.1. The summed E-state index contributed by atoms with van der Waals surface area (Å²) in [6, 6.07) is 27.0. The molecule has 0 atom stereocenters. The number of carbonyl (C=O) groups is 1. The van der Waals surface area contributed by atoms with Crippen molar-refractivity contribution in [2.24, 2.45) is 0 Å². The Morgan fingerprint density at radius 2 is 1.32 bits per heavy atom. The van der Waals surface area contributed by atoms with E-state index in [1.165, 1.54) is 16.7 Å². The van der Waals surface area contributed by atoms with Crippen molar-refractivity contribution < 1.29 is 22.5 Å². The summed E-state index contributed by atoms with van der Waals surface area (Å²) in [6.07, 6.45) is 2.46. The number of rotatable bonds is 5. The highest BCUT2D eigenvalue weighted by Crippen LogP contribution is 2.36. The van der Waals surface area contributed by atoms with E-state index in [0.717, 1.165) is 37.3 Å². The van der Waals surface area contributed by atoms with Gasteiger partial charge in [0.15, 0.2) is 0 Å². The summed E-state index contributed by atoms with van der Waals surface area (Å²) in [7, 11) is 0. The number of fused-ring (bicyclic) bond motifs is 2. The van der Waals surface area contributed by atoms with Gasteiger partial charge in [0.25, 0.3) is 0 Å². The molecule has 28 heavy (non-hydrogen) atoms. The van der Waals surface area contributed by atoms with E-state index in [9.17, 15) is 4.79 Å². The fourth-order valence-corrected chi connectivity index (χ4v) is 3.77. The average Bonchev–Trinajstić information content (AvgIpc) is 2.89. The van der Waals surface area contributed by atoms with Crippen LogP contribution in [0, 0.1) is 0 Å². The first-order valence-electron chi connectivity index (χ1n) is 9.67. The minimum Gasteiger partial charge on any atom is -1.00 e. The van der Waals surface area contributed by atoms with Gasteiger partial charge in [0.2, 0.25) is 5.91 Å². The van der Waals surface area contributed by atoms with Gasteiger partial charge >= 0.3 is 0 Å². The monoisotopic (exact) mass is 392 g/mol. The van der Waals surface area contributed by atoms with Gasteiger partial charge in [0, 0.05) is 5.56 Å². The molecule has 0 saturated heterocycles. The van der Waals surface area contributed by atoms with Gasteiger partial charge in [0.05, 0.1) is 24.3 Å². The molecule has 0 aromatic heterocycles. The standard InChI is InChI=1S/C24H24N2O.ClH/c27-24(16-17-25-18-19-8-2-1-3-9-19)26-22-12-6-4-10-20(22)14-15-21-11-5-7-13-23(21)26;/h1-13,25H,14-18H2;1H. The number of quaternary nitrogens is 1. The number of aryl methyl sites for hydroxylation is 2. The zero-order valence-electron chi connectivity index (χ0n) is 15.9. The molecule has 0 radical (unpaired) electrons. The van der Waals surface area contributed by atoms with Gasteiger partial charge in [-0.05, 0) is 36.1 Å². The Bertz CT molecular complexity index is 879. The SMILES string of the molecule is O=C(CC[NH2+]Cc1ccccc1)N1c2ccccc2CCc2ccccc21.[Cl-]. The van der Waals surface area contributed by atoms with Gasteiger partial charge in [-0.15, -0.1) is 0 Å². The molecule has 1 heterocycles. The molecule has 4 heteroatoms. The molecule has 0 spiro atoms. The Balaban J connectivity index is 0.00000225. The first-order chi connectivity index (χ1) is 13.3. The van der Waals surface area contributed by atoms with Gasteiger partial charge in [0.1, 0.15) is 6.54 Å². The third-order valence-electron chi connectivity index (χ3n) is 5.16. The zero-order chi connectivity index (χ0) is 18.5. The predicted octanol–water partition coefficient (Wildman–Crippen LogP) is 0.608. The van der Waals surface area contributed by atoms with Gasteiger partial charge < -0.3 is 17.7 Å². The van der Waals surface area contributed by atoms with Crippen LogP contribution in [0.15, 0.2) is 78.9 Å². The normalized spacial score (nSPS) is 12.4. The number of carbonyl (C=O) groups excluding carboxylic acids is 1. The van der Waals surface area contributed by atoms with Crippen LogP contribution in [0.5, 0.6) is 0 Å². The Morgan fingerprint density at radius 3 is 1.93 bits per heavy atom. The van der Waals surface area contributed by atoms with Crippen LogP contribution in [0.2, 0.25) is 0 Å². The van der Waals surface area contributed by atoms with E-state index in [1.807, 2.05) is 23.1 Å². The maximum Gasteiger partial charge on any atom is 0.237 e. The second kappa shape index (κ2) is 9.54. The Morgan fingerprint density at radius 1 is 0.786 bits per heavy atom. The number of hydrogen-bond donors (Lipinski definition) is 1. The van der Waals surface area contributed by atoms with Crippen molar-refractivity contribution in [1.82, 2.24) is 0 Å². The average molecular weight is 393 g/mol. The molecule has 2 N–H and O–H groups in total. The van der Waals surface area contributed by atoms with Crippen molar-refractivity contribution >= 4 is 17.3 Å². The lowest BCUT2D eigenvalue weighted by Gasteiger charge is -2.24. The smallest absolute Gasteiger partial charge is 0.237 e. The second-order valence-corrected chi connectivity index (χ2v) is 7.00. The van der Waals surface area contributed by atoms with E-state index in [1.54, 1.807) is 0 Å². The van der Waals surface area contributed by atoms with E-state index in [2.05, 4.69) is 66.0 Å². The molecule has 1 aliphatic rings. The molecule has 0 fully saturated rings. The molecule has 3 nitrogen and oxygen atoms in total. The Kier molecular flexibility index (Phi) is 6.85. The molecule has 0 unspecified atom stereocenters. The maximum absolute atomic E-state index is 13.2. The summed E-state index contributed by atoms with van der Waals surface area (Å²) in [5.41, 5.74) is 5.85. The molecule has 4 rings (SSSR count). The Hall–Kier alpha value is -2.62. The molecule has 3 aromatic rings. The fraction of sp³-hybridized carbons (Fsp3) is 0.208. The third kappa shape index (κ3) is 4.44. The molecule has 1 aliphatic heterocycles. The van der Waals surface area contributed by atoms with E-state index in [0.29, 0.717) is 6.42 Å². The molecule has 1 amide bonds. The summed E-state index contributed by atoms with van der Waals surface area (Å²) >= 11 is 0. The largest absolute Gasteiger partial charge is 1.00 e. The summed E-state index contributed by atoms with van der Waals surface area (Å²) in [6.45, 7) is 1.69. The second-order valence-electron chi connectivity index (χ2n) is 7.00. The van der Waals surface area contributed by atoms with Crippen LogP contribution in [0.1, 0.15) is 23.1 Å². The highest BCUT2D eigenvalue weighted by Gasteiger charge is 2.25. The zero-order valence-corrected chi connectivity index (χ0v) is 16.6. The van der Waals surface area contributed by atoms with Crippen LogP contribution in [0.3, 0.4) is 0 Å². The molecule has 3 aromatic carbocycles. The number of amides is 1. The first-order valence-corrected chi connectivity index (χ1v) is 9.67. The number of para-hydroxylation sites is 2. The molecule has 0 saturated carbocycles. The van der Waals surface area contributed by atoms with Crippen LogP contribution in [-0.4, -0.2) is 12.5 Å². The third-order valence-corrected chi connectivity index (χ3v) is 5.16. The van der Waals surface area contributed by atoms with Crippen molar-refractivity contribution in [3.05, 3.63) is 95.6 Å². The van der Waals surface area contributed by atoms with Crippen molar-refractivity contribution in [3.63, 3.8) is 0 Å². The highest BCUT2D eigenvalue weighted by molar-refractivity contribution is 6.02. The van der Waals surface area contributed by atoms with Crippen LogP contribution < -0.4 is 22.6 Å². The molecular formula is C24H25ClN2O. The molecule has 144 valence electrons. The number of halogens is 1. The quantitative estimate of drug-likeness (QED) is 0.635. The topological polar surface area (TPSA) is 36.9 Å². The predicted molar refractivity (Wildman–Crippen MR) is 109 cm³/mol. The van der Waals surface area contributed by atoms with E-state index in [-0.39, 0.29) is 18.3 Å². The molecule has 0 bridgehead atoms. The number of benzene rings is 3.